The SMILES string of the molecule is O=Cc1ncc(Cl)c(CCl)c1C(F)F. The summed E-state index contributed by atoms with van der Waals surface area (Å²) in [6.45, 7) is 0. The highest BCUT2D eigenvalue weighted by Crippen LogP contribution is 2.30. The van der Waals surface area contributed by atoms with Crippen LogP contribution in [0.4, 0.5) is 8.78 Å². The van der Waals surface area contributed by atoms with Crippen molar-refractivity contribution in [3.8, 4) is 0 Å². The molecule has 0 spiro atoms. The van der Waals surface area contributed by atoms with E-state index in [4.69, 9.17) is 23.2 Å². The molecule has 1 aromatic heterocycles. The second-order valence-corrected chi connectivity index (χ2v) is 3.11. The van der Waals surface area contributed by atoms with Gasteiger partial charge in [0.15, 0.2) is 6.29 Å². The minimum Gasteiger partial charge on any atom is -0.296 e. The predicted octanol–water partition coefficient (Wildman–Crippen LogP) is 3.22. The maximum atomic E-state index is 12.5. The van der Waals surface area contributed by atoms with Crippen LogP contribution in [-0.4, -0.2) is 11.3 Å². The molecule has 0 radical (unpaired) electrons. The van der Waals surface area contributed by atoms with E-state index in [9.17, 15) is 13.6 Å². The van der Waals surface area contributed by atoms with E-state index >= 15 is 0 Å². The van der Waals surface area contributed by atoms with Gasteiger partial charge < -0.3 is 0 Å². The van der Waals surface area contributed by atoms with Crippen LogP contribution in [-0.2, 0) is 5.88 Å². The molecule has 0 atom stereocenters. The zero-order valence-electron chi connectivity index (χ0n) is 6.81. The summed E-state index contributed by atoms with van der Waals surface area (Å²) in [6.07, 6.45) is -1.42. The van der Waals surface area contributed by atoms with Crippen LogP contribution in [0.5, 0.6) is 0 Å². The van der Waals surface area contributed by atoms with Gasteiger partial charge in [-0.2, -0.15) is 0 Å². The van der Waals surface area contributed by atoms with Gasteiger partial charge in [-0.25, -0.2) is 8.78 Å². The number of hydrogen-bond donors (Lipinski definition) is 0. The normalized spacial score (nSPS) is 10.6. The monoisotopic (exact) mass is 239 g/mol. The fourth-order valence-corrected chi connectivity index (χ4v) is 1.60. The first-order valence-corrected chi connectivity index (χ1v) is 4.49. The lowest BCUT2D eigenvalue weighted by atomic mass is 10.1. The first-order valence-electron chi connectivity index (χ1n) is 3.58. The fourth-order valence-electron chi connectivity index (χ4n) is 1.03. The van der Waals surface area contributed by atoms with Crippen LogP contribution in [0.3, 0.4) is 0 Å². The molecule has 0 fully saturated rings. The molecule has 14 heavy (non-hydrogen) atoms. The van der Waals surface area contributed by atoms with Crippen LogP contribution in [0, 0.1) is 0 Å². The van der Waals surface area contributed by atoms with Gasteiger partial charge in [-0.05, 0) is 5.56 Å². The van der Waals surface area contributed by atoms with E-state index < -0.39 is 12.0 Å². The van der Waals surface area contributed by atoms with Crippen molar-refractivity contribution in [2.75, 3.05) is 0 Å². The third-order valence-electron chi connectivity index (χ3n) is 1.67. The molecule has 0 aromatic carbocycles. The molecule has 1 heterocycles. The van der Waals surface area contributed by atoms with Gasteiger partial charge in [0.25, 0.3) is 6.43 Å². The van der Waals surface area contributed by atoms with Crippen molar-refractivity contribution in [2.24, 2.45) is 0 Å². The highest BCUT2D eigenvalue weighted by molar-refractivity contribution is 6.32. The van der Waals surface area contributed by atoms with Crippen LogP contribution in [0.25, 0.3) is 0 Å². The molecule has 0 saturated heterocycles. The van der Waals surface area contributed by atoms with Gasteiger partial charge in [0.2, 0.25) is 0 Å². The topological polar surface area (TPSA) is 30.0 Å². The zero-order valence-corrected chi connectivity index (χ0v) is 8.32. The Morgan fingerprint density at radius 2 is 2.21 bits per heavy atom. The molecule has 0 N–H and O–H groups in total. The lowest BCUT2D eigenvalue weighted by Crippen LogP contribution is -2.02. The Morgan fingerprint density at radius 3 is 2.64 bits per heavy atom. The third-order valence-corrected chi connectivity index (χ3v) is 2.26. The molecule has 1 aromatic rings. The van der Waals surface area contributed by atoms with Crippen molar-refractivity contribution < 1.29 is 13.6 Å². The molecular weight excluding hydrogens is 235 g/mol. The second kappa shape index (κ2) is 4.66. The van der Waals surface area contributed by atoms with Crippen molar-refractivity contribution in [2.45, 2.75) is 12.3 Å². The summed E-state index contributed by atoms with van der Waals surface area (Å²) in [7, 11) is 0. The van der Waals surface area contributed by atoms with E-state index in [0.29, 0.717) is 0 Å². The number of aromatic nitrogens is 1. The number of carbonyl (C=O) groups is 1. The van der Waals surface area contributed by atoms with Gasteiger partial charge in [0.05, 0.1) is 10.6 Å². The summed E-state index contributed by atoms with van der Waals surface area (Å²) in [5.41, 5.74) is -0.747. The number of rotatable bonds is 3. The predicted molar refractivity (Wildman–Crippen MR) is 49.1 cm³/mol. The molecule has 6 heteroatoms. The van der Waals surface area contributed by atoms with E-state index in [1.165, 1.54) is 0 Å². The summed E-state index contributed by atoms with van der Waals surface area (Å²) in [5.74, 6) is -0.179. The van der Waals surface area contributed by atoms with Crippen LogP contribution < -0.4 is 0 Å². The van der Waals surface area contributed by atoms with E-state index in [0.717, 1.165) is 6.20 Å². The third kappa shape index (κ3) is 2.01. The van der Waals surface area contributed by atoms with Gasteiger partial charge in [0.1, 0.15) is 5.69 Å². The van der Waals surface area contributed by atoms with Gasteiger partial charge >= 0.3 is 0 Å². The maximum absolute atomic E-state index is 12.5. The van der Waals surface area contributed by atoms with Gasteiger partial charge in [-0.3, -0.25) is 9.78 Å². The fraction of sp³-hybridized carbons (Fsp3) is 0.250. The van der Waals surface area contributed by atoms with Crippen LogP contribution in [0.2, 0.25) is 5.02 Å². The molecule has 0 unspecified atom stereocenters. The van der Waals surface area contributed by atoms with Crippen molar-refractivity contribution in [1.29, 1.82) is 0 Å². The molecule has 76 valence electrons. The number of nitrogens with zero attached hydrogens (tertiary/aromatic N) is 1. The highest BCUT2D eigenvalue weighted by Gasteiger charge is 2.20. The molecule has 0 amide bonds. The molecular formula is C8H5Cl2F2NO. The Bertz CT molecular complexity index is 357. The summed E-state index contributed by atoms with van der Waals surface area (Å²) in [6, 6.07) is 0. The molecule has 0 bridgehead atoms. The lowest BCUT2D eigenvalue weighted by molar-refractivity contribution is 0.110. The van der Waals surface area contributed by atoms with Crippen molar-refractivity contribution in [3.05, 3.63) is 28.0 Å². The van der Waals surface area contributed by atoms with E-state index in [2.05, 4.69) is 4.98 Å². The standard InChI is InChI=1S/C8H5Cl2F2NO/c9-1-4-5(10)2-13-6(3-14)7(4)8(11)12/h2-3,8H,1H2. The van der Waals surface area contributed by atoms with Crippen molar-refractivity contribution in [1.82, 2.24) is 4.98 Å². The minimum atomic E-state index is -2.81. The highest BCUT2D eigenvalue weighted by atomic mass is 35.5. The van der Waals surface area contributed by atoms with Gasteiger partial charge in [0, 0.05) is 12.1 Å². The van der Waals surface area contributed by atoms with Crippen LogP contribution in [0.15, 0.2) is 6.20 Å². The Labute approximate surface area is 88.8 Å². The molecule has 2 nitrogen and oxygen atoms in total. The summed E-state index contributed by atoms with van der Waals surface area (Å²) in [4.78, 5) is 13.9. The first kappa shape index (κ1) is 11.3. The minimum absolute atomic E-state index is 0.0425. The molecule has 0 aliphatic heterocycles. The average molecular weight is 240 g/mol. The Balaban J connectivity index is 3.43. The zero-order chi connectivity index (χ0) is 10.7. The number of alkyl halides is 3. The van der Waals surface area contributed by atoms with Gasteiger partial charge in [-0.1, -0.05) is 11.6 Å². The summed E-state index contributed by atoms with van der Waals surface area (Å²) >= 11 is 11.1. The molecule has 0 aliphatic carbocycles. The Morgan fingerprint density at radius 1 is 1.57 bits per heavy atom. The number of hydrogen-bond acceptors (Lipinski definition) is 2. The quantitative estimate of drug-likeness (QED) is 0.599. The van der Waals surface area contributed by atoms with Crippen LogP contribution in [0.1, 0.15) is 28.0 Å². The van der Waals surface area contributed by atoms with Crippen LogP contribution >= 0.6 is 23.2 Å². The first-order chi connectivity index (χ1) is 6.61. The molecule has 1 rings (SSSR count). The molecule has 0 aliphatic rings. The van der Waals surface area contributed by atoms with Gasteiger partial charge in [-0.15, -0.1) is 11.6 Å². The number of carbonyl (C=O) groups excluding carboxylic acids is 1. The van der Waals surface area contributed by atoms with Crippen molar-refractivity contribution in [3.63, 3.8) is 0 Å². The number of pyridine rings is 1. The lowest BCUT2D eigenvalue weighted by Gasteiger charge is -2.09. The van der Waals surface area contributed by atoms with Crippen molar-refractivity contribution >= 4 is 29.5 Å². The Kier molecular flexibility index (Phi) is 3.77. The smallest absolute Gasteiger partial charge is 0.266 e. The summed E-state index contributed by atoms with van der Waals surface area (Å²) in [5, 5.41) is 0.0425. The van der Waals surface area contributed by atoms with E-state index in [1.54, 1.807) is 0 Å². The molecule has 0 saturated carbocycles. The second-order valence-electron chi connectivity index (χ2n) is 2.44. The van der Waals surface area contributed by atoms with E-state index in [1.807, 2.05) is 0 Å². The number of halogens is 4. The number of aldehydes is 1. The summed E-state index contributed by atoms with van der Waals surface area (Å²) < 4.78 is 25.1. The maximum Gasteiger partial charge on any atom is 0.266 e. The Hall–Kier alpha value is -0.740. The largest absolute Gasteiger partial charge is 0.296 e. The van der Waals surface area contributed by atoms with E-state index in [-0.39, 0.29) is 28.4 Å². The average Bonchev–Trinajstić information content (AvgIpc) is 2.17.